The molecule has 6 heteroatoms. The van der Waals surface area contributed by atoms with Crippen molar-refractivity contribution in [2.24, 2.45) is 0 Å². The summed E-state index contributed by atoms with van der Waals surface area (Å²) in [6.07, 6.45) is 0.920. The first-order valence-electron chi connectivity index (χ1n) is 13.5. The topological polar surface area (TPSA) is 52.4 Å². The normalized spacial score (nSPS) is 28.8. The maximum atomic E-state index is 11.9. The first-order valence-corrected chi connectivity index (χ1v) is 14.5. The van der Waals surface area contributed by atoms with Crippen molar-refractivity contribution in [3.8, 4) is 11.3 Å². The Morgan fingerprint density at radius 1 is 0.795 bits per heavy atom. The van der Waals surface area contributed by atoms with Gasteiger partial charge in [-0.2, -0.15) is 0 Å². The van der Waals surface area contributed by atoms with Gasteiger partial charge < -0.3 is 24.1 Å². The minimum absolute atomic E-state index is 0.132. The van der Waals surface area contributed by atoms with Crippen molar-refractivity contribution >= 4 is 29.2 Å². The third-order valence-corrected chi connectivity index (χ3v) is 9.35. The van der Waals surface area contributed by atoms with E-state index in [0.29, 0.717) is 0 Å². The molecule has 198 valence electrons. The van der Waals surface area contributed by atoms with Gasteiger partial charge >= 0.3 is 0 Å². The lowest BCUT2D eigenvalue weighted by Gasteiger charge is -2.35. The summed E-state index contributed by atoms with van der Waals surface area (Å²) in [4.78, 5) is 4.76. The van der Waals surface area contributed by atoms with Crippen LogP contribution in [-0.2, 0) is 4.74 Å². The SMILES string of the molecule is Cc1ccc(-c2ccc(/C=C3\C(O)C(C)N(c4ccccc4)C4SC4N(c4ccccc4)C4OC34)o2)cc1C. The fourth-order valence-electron chi connectivity index (χ4n) is 5.73. The summed E-state index contributed by atoms with van der Waals surface area (Å²) in [6, 6.07) is 31.1. The molecule has 6 atom stereocenters. The van der Waals surface area contributed by atoms with E-state index in [-0.39, 0.29) is 29.1 Å². The predicted octanol–water partition coefficient (Wildman–Crippen LogP) is 6.85. The maximum Gasteiger partial charge on any atom is 0.162 e. The number of anilines is 2. The number of furan rings is 1. The van der Waals surface area contributed by atoms with Crippen molar-refractivity contribution in [2.45, 2.75) is 56.0 Å². The van der Waals surface area contributed by atoms with Crippen molar-refractivity contribution in [2.75, 3.05) is 9.80 Å². The number of thioether (sulfide) groups is 1. The summed E-state index contributed by atoms with van der Waals surface area (Å²) in [5.74, 6) is 1.54. The molecule has 4 aromatic rings. The van der Waals surface area contributed by atoms with Crippen LogP contribution in [0.25, 0.3) is 17.4 Å². The summed E-state index contributed by atoms with van der Waals surface area (Å²) in [7, 11) is 0. The van der Waals surface area contributed by atoms with Crippen LogP contribution in [0.2, 0.25) is 0 Å². The molecule has 3 saturated heterocycles. The van der Waals surface area contributed by atoms with Crippen LogP contribution in [0.15, 0.2) is 101 Å². The smallest absolute Gasteiger partial charge is 0.162 e. The molecule has 0 spiro atoms. The molecule has 1 aromatic heterocycles. The zero-order valence-electron chi connectivity index (χ0n) is 22.3. The molecule has 3 fully saturated rings. The van der Waals surface area contributed by atoms with Gasteiger partial charge in [0.15, 0.2) is 6.23 Å². The highest BCUT2D eigenvalue weighted by Crippen LogP contribution is 2.55. The molecule has 6 unspecified atom stereocenters. The van der Waals surface area contributed by atoms with Crippen LogP contribution in [0.3, 0.4) is 0 Å². The zero-order valence-corrected chi connectivity index (χ0v) is 23.1. The van der Waals surface area contributed by atoms with Gasteiger partial charge in [0.2, 0.25) is 0 Å². The molecule has 3 aromatic carbocycles. The number of aliphatic hydroxyl groups is 1. The van der Waals surface area contributed by atoms with E-state index in [1.807, 2.05) is 42.1 Å². The summed E-state index contributed by atoms with van der Waals surface area (Å²) >= 11 is 1.91. The van der Waals surface area contributed by atoms with Crippen molar-refractivity contribution in [3.05, 3.63) is 113 Å². The second-order valence-corrected chi connectivity index (χ2v) is 11.9. The van der Waals surface area contributed by atoms with Gasteiger partial charge in [-0.3, -0.25) is 0 Å². The van der Waals surface area contributed by atoms with E-state index in [1.165, 1.54) is 11.1 Å². The Balaban J connectivity index is 1.28. The molecule has 5 nitrogen and oxygen atoms in total. The summed E-state index contributed by atoms with van der Waals surface area (Å²) in [5, 5.41) is 12.3. The van der Waals surface area contributed by atoms with E-state index in [2.05, 4.69) is 97.3 Å². The van der Waals surface area contributed by atoms with Gasteiger partial charge in [0.05, 0.1) is 12.1 Å². The Morgan fingerprint density at radius 3 is 2.15 bits per heavy atom. The number of epoxide rings is 1. The van der Waals surface area contributed by atoms with Crippen LogP contribution in [0.5, 0.6) is 0 Å². The van der Waals surface area contributed by atoms with E-state index < -0.39 is 6.10 Å². The molecule has 3 aliphatic rings. The van der Waals surface area contributed by atoms with Crippen LogP contribution >= 0.6 is 11.8 Å². The molecule has 3 aliphatic heterocycles. The molecule has 0 saturated carbocycles. The van der Waals surface area contributed by atoms with E-state index in [0.717, 1.165) is 34.0 Å². The molecule has 39 heavy (non-hydrogen) atoms. The predicted molar refractivity (Wildman–Crippen MR) is 159 cm³/mol. The summed E-state index contributed by atoms with van der Waals surface area (Å²) in [5.41, 5.74) is 6.64. The Kier molecular flexibility index (Phi) is 6.07. The van der Waals surface area contributed by atoms with Crippen LogP contribution in [0.1, 0.15) is 23.8 Å². The van der Waals surface area contributed by atoms with Crippen molar-refractivity contribution in [1.29, 1.82) is 0 Å². The first-order chi connectivity index (χ1) is 19.0. The quantitative estimate of drug-likeness (QED) is 0.288. The van der Waals surface area contributed by atoms with Gasteiger partial charge in [0.25, 0.3) is 0 Å². The van der Waals surface area contributed by atoms with Crippen LogP contribution in [0, 0.1) is 13.8 Å². The third-order valence-electron chi connectivity index (χ3n) is 8.14. The highest BCUT2D eigenvalue weighted by atomic mass is 32.2. The zero-order chi connectivity index (χ0) is 26.7. The average molecular weight is 537 g/mol. The molecule has 7 rings (SSSR count). The molecule has 0 aliphatic carbocycles. The number of fused-ring (bicyclic) bond motifs is 2. The lowest BCUT2D eigenvalue weighted by Crippen LogP contribution is -2.46. The second-order valence-electron chi connectivity index (χ2n) is 10.7. The number of benzene rings is 3. The maximum absolute atomic E-state index is 11.9. The molecular weight excluding hydrogens is 504 g/mol. The van der Waals surface area contributed by atoms with E-state index in [9.17, 15) is 5.11 Å². The Labute approximate surface area is 233 Å². The van der Waals surface area contributed by atoms with E-state index >= 15 is 0 Å². The molecule has 0 radical (unpaired) electrons. The highest BCUT2D eigenvalue weighted by molar-refractivity contribution is 8.08. The number of nitrogens with zero attached hydrogens (tertiary/aromatic N) is 2. The standard InChI is InChI=1S/C33H32N2O3S/c1-20-14-15-23(18-21(20)2)28-17-16-26(37-28)19-27-29(36)22(3)34(24-10-6-4-7-11-24)32-33(39-32)35(31-30(27)38-31)25-12-8-5-9-13-25/h4-19,22,29-33,36H,1-3H3/b27-19+. The highest BCUT2D eigenvalue weighted by Gasteiger charge is 2.60. The molecule has 0 amide bonds. The molecular formula is C33H32N2O3S. The van der Waals surface area contributed by atoms with Crippen molar-refractivity contribution in [1.82, 2.24) is 0 Å². The number of ether oxygens (including phenoxy) is 1. The second kappa shape index (κ2) is 9.63. The van der Waals surface area contributed by atoms with Crippen molar-refractivity contribution in [3.63, 3.8) is 0 Å². The molecule has 0 bridgehead atoms. The van der Waals surface area contributed by atoms with Gasteiger partial charge in [0, 0.05) is 16.9 Å². The minimum Gasteiger partial charge on any atom is -0.457 e. The first kappa shape index (κ1) is 24.6. The third kappa shape index (κ3) is 4.46. The van der Waals surface area contributed by atoms with Crippen molar-refractivity contribution < 1.29 is 14.3 Å². The lowest BCUT2D eigenvalue weighted by atomic mass is 9.97. The number of aliphatic hydroxyl groups excluding tert-OH is 1. The largest absolute Gasteiger partial charge is 0.457 e. The number of rotatable bonds is 4. The Bertz CT molecular complexity index is 1520. The molecule has 1 N–H and O–H groups in total. The van der Waals surface area contributed by atoms with E-state index in [1.54, 1.807) is 0 Å². The summed E-state index contributed by atoms with van der Waals surface area (Å²) < 4.78 is 12.6. The van der Waals surface area contributed by atoms with Crippen LogP contribution in [-0.4, -0.2) is 40.3 Å². The van der Waals surface area contributed by atoms with Gasteiger partial charge in [0.1, 0.15) is 28.4 Å². The number of aryl methyl sites for hydroxylation is 2. The number of hydrogen-bond acceptors (Lipinski definition) is 6. The Morgan fingerprint density at radius 2 is 1.46 bits per heavy atom. The van der Waals surface area contributed by atoms with Crippen LogP contribution in [0.4, 0.5) is 11.4 Å². The Hall–Kier alpha value is -3.45. The van der Waals surface area contributed by atoms with Gasteiger partial charge in [-0.1, -0.05) is 48.5 Å². The van der Waals surface area contributed by atoms with E-state index in [4.69, 9.17) is 9.15 Å². The minimum atomic E-state index is -0.729. The van der Waals surface area contributed by atoms with Crippen LogP contribution < -0.4 is 9.80 Å². The monoisotopic (exact) mass is 536 g/mol. The fourth-order valence-corrected chi connectivity index (χ4v) is 7.00. The number of hydrogen-bond donors (Lipinski definition) is 1. The van der Waals surface area contributed by atoms with Gasteiger partial charge in [-0.05, 0) is 86.0 Å². The lowest BCUT2D eigenvalue weighted by molar-refractivity contribution is 0.172. The molecule has 4 heterocycles. The summed E-state index contributed by atoms with van der Waals surface area (Å²) in [6.45, 7) is 6.34. The van der Waals surface area contributed by atoms with Gasteiger partial charge in [-0.15, -0.1) is 11.8 Å². The van der Waals surface area contributed by atoms with Gasteiger partial charge in [-0.25, -0.2) is 0 Å². The fraction of sp³-hybridized carbons (Fsp3) is 0.273. The number of para-hydroxylation sites is 2. The average Bonchev–Trinajstić information content (AvgIpc) is 3.87.